The first-order chi connectivity index (χ1) is 11.8. The molecule has 0 fully saturated rings. The molecule has 132 valence electrons. The van der Waals surface area contributed by atoms with Crippen LogP contribution < -0.4 is 15.6 Å². The molecule has 0 unspecified atom stereocenters. The number of benzene rings is 1. The molecule has 0 aliphatic rings. The van der Waals surface area contributed by atoms with Gasteiger partial charge in [-0.15, -0.1) is 0 Å². The molecule has 2 aromatic heterocycles. The molecule has 7 nitrogen and oxygen atoms in total. The molecule has 3 aromatic rings. The molecule has 0 atom stereocenters. The highest BCUT2D eigenvalue weighted by molar-refractivity contribution is 6.30. The number of aromatic nitrogens is 4. The summed E-state index contributed by atoms with van der Waals surface area (Å²) in [6, 6.07) is 6.02. The maximum Gasteiger partial charge on any atom is 0.451 e. The van der Waals surface area contributed by atoms with Gasteiger partial charge in [0.15, 0.2) is 0 Å². The van der Waals surface area contributed by atoms with Crippen molar-refractivity contribution >= 4 is 23.1 Å². The average molecular weight is 374 g/mol. The van der Waals surface area contributed by atoms with Gasteiger partial charge in [0.2, 0.25) is 5.82 Å². The fourth-order valence-corrected chi connectivity index (χ4v) is 2.32. The third-order valence-electron chi connectivity index (χ3n) is 3.27. The lowest BCUT2D eigenvalue weighted by Gasteiger charge is -2.11. The number of ether oxygens (including phenoxy) is 1. The van der Waals surface area contributed by atoms with Crippen molar-refractivity contribution < 1.29 is 17.9 Å². The average Bonchev–Trinajstić information content (AvgIpc) is 2.98. The van der Waals surface area contributed by atoms with E-state index in [1.54, 1.807) is 18.2 Å². The lowest BCUT2D eigenvalue weighted by molar-refractivity contribution is -0.144. The van der Waals surface area contributed by atoms with E-state index in [2.05, 4.69) is 15.3 Å². The molecule has 0 amide bonds. The second-order valence-electron chi connectivity index (χ2n) is 4.99. The first-order valence-electron chi connectivity index (χ1n) is 6.91. The Morgan fingerprint density at radius 3 is 2.76 bits per heavy atom. The first kappa shape index (κ1) is 17.1. The topological polar surface area (TPSA) is 84.3 Å². The van der Waals surface area contributed by atoms with Crippen LogP contribution in [0.4, 0.5) is 18.9 Å². The van der Waals surface area contributed by atoms with Crippen LogP contribution in [-0.2, 0) is 12.7 Å². The van der Waals surface area contributed by atoms with Crippen molar-refractivity contribution in [3.8, 4) is 5.75 Å². The smallest absolute Gasteiger partial charge is 0.451 e. The number of methoxy groups -OCH3 is 1. The molecule has 2 heterocycles. The summed E-state index contributed by atoms with van der Waals surface area (Å²) in [6.07, 6.45) is -4.70. The predicted molar refractivity (Wildman–Crippen MR) is 83.9 cm³/mol. The van der Waals surface area contributed by atoms with Gasteiger partial charge in [-0.25, -0.2) is 4.98 Å². The van der Waals surface area contributed by atoms with E-state index in [9.17, 15) is 18.0 Å². The highest BCUT2D eigenvalue weighted by atomic mass is 35.5. The third-order valence-corrected chi connectivity index (χ3v) is 3.51. The number of anilines is 1. The molecule has 25 heavy (non-hydrogen) atoms. The molecule has 0 aliphatic carbocycles. The van der Waals surface area contributed by atoms with Gasteiger partial charge in [-0.3, -0.25) is 9.89 Å². The van der Waals surface area contributed by atoms with Gasteiger partial charge in [0, 0.05) is 11.1 Å². The van der Waals surface area contributed by atoms with Crippen molar-refractivity contribution in [1.82, 2.24) is 19.6 Å². The number of nitrogens with one attached hydrogen (secondary N) is 2. The fourth-order valence-electron chi connectivity index (χ4n) is 2.15. The number of fused-ring (bicyclic) bond motifs is 1. The van der Waals surface area contributed by atoms with Crippen LogP contribution in [0.15, 0.2) is 29.1 Å². The van der Waals surface area contributed by atoms with Crippen LogP contribution in [0.5, 0.6) is 5.75 Å². The SMILES string of the molecule is COc1ccc(Cl)cc1NCc1cc(=O)n2[nH]c(C(F)(F)F)nc2n1. The van der Waals surface area contributed by atoms with Gasteiger partial charge < -0.3 is 10.1 Å². The monoisotopic (exact) mass is 373 g/mol. The lowest BCUT2D eigenvalue weighted by atomic mass is 10.3. The Kier molecular flexibility index (Phi) is 4.29. The van der Waals surface area contributed by atoms with E-state index in [4.69, 9.17) is 16.3 Å². The summed E-state index contributed by atoms with van der Waals surface area (Å²) in [5, 5.41) is 5.31. The standard InChI is InChI=1S/C14H11ClF3N5O2/c1-25-10-3-2-7(15)4-9(10)19-6-8-5-11(24)23-13(20-8)21-12(22-23)14(16,17)18/h2-5,19H,6H2,1H3,(H,20,21,22). The quantitative estimate of drug-likeness (QED) is 0.734. The second-order valence-corrected chi connectivity index (χ2v) is 5.43. The molecule has 3 rings (SSSR count). The second kappa shape index (κ2) is 6.28. The van der Waals surface area contributed by atoms with Gasteiger partial charge in [0.1, 0.15) is 5.75 Å². The zero-order valence-electron chi connectivity index (χ0n) is 12.7. The number of hydrogen-bond donors (Lipinski definition) is 2. The van der Waals surface area contributed by atoms with Crippen LogP contribution in [-0.4, -0.2) is 26.7 Å². The highest BCUT2D eigenvalue weighted by Crippen LogP contribution is 2.28. The number of alkyl halides is 3. The first-order valence-corrected chi connectivity index (χ1v) is 7.29. The molecule has 0 spiro atoms. The number of H-pyrrole nitrogens is 1. The highest BCUT2D eigenvalue weighted by Gasteiger charge is 2.35. The summed E-state index contributed by atoms with van der Waals surface area (Å²) in [5.74, 6) is -1.14. The molecule has 0 saturated heterocycles. The molecule has 1 aromatic carbocycles. The van der Waals surface area contributed by atoms with Crippen LogP contribution in [0.25, 0.3) is 5.78 Å². The van der Waals surface area contributed by atoms with Gasteiger partial charge in [-0.2, -0.15) is 22.7 Å². The molecule has 0 aliphatic heterocycles. The van der Waals surface area contributed by atoms with Crippen molar-refractivity contribution in [2.24, 2.45) is 0 Å². The Morgan fingerprint density at radius 2 is 2.08 bits per heavy atom. The lowest BCUT2D eigenvalue weighted by Crippen LogP contribution is -2.17. The maximum absolute atomic E-state index is 12.7. The van der Waals surface area contributed by atoms with Gasteiger partial charge in [0.05, 0.1) is 25.0 Å². The number of aromatic amines is 1. The largest absolute Gasteiger partial charge is 0.495 e. The summed E-state index contributed by atoms with van der Waals surface area (Å²) >= 11 is 5.92. The van der Waals surface area contributed by atoms with Crippen molar-refractivity contribution in [2.45, 2.75) is 12.7 Å². The van der Waals surface area contributed by atoms with Crippen LogP contribution in [0.3, 0.4) is 0 Å². The van der Waals surface area contributed by atoms with Gasteiger partial charge in [-0.1, -0.05) is 11.6 Å². The normalized spacial score (nSPS) is 11.7. The summed E-state index contributed by atoms with van der Waals surface area (Å²) in [7, 11) is 1.48. The molecule has 0 radical (unpaired) electrons. The zero-order chi connectivity index (χ0) is 18.2. The Hall–Kier alpha value is -2.75. The van der Waals surface area contributed by atoms with Crippen LogP contribution >= 0.6 is 11.6 Å². The predicted octanol–water partition coefficient (Wildman–Crippen LogP) is 2.71. The Bertz CT molecular complexity index is 983. The van der Waals surface area contributed by atoms with E-state index in [0.29, 0.717) is 21.0 Å². The van der Waals surface area contributed by atoms with Crippen LogP contribution in [0.1, 0.15) is 11.5 Å². The minimum absolute atomic E-state index is 0.0661. The minimum Gasteiger partial charge on any atom is -0.495 e. The summed E-state index contributed by atoms with van der Waals surface area (Å²) in [5.41, 5.74) is 0.0603. The van der Waals surface area contributed by atoms with E-state index in [-0.39, 0.29) is 18.0 Å². The molecule has 0 bridgehead atoms. The summed E-state index contributed by atoms with van der Waals surface area (Å²) < 4.78 is 43.8. The number of halogens is 4. The number of rotatable bonds is 4. The van der Waals surface area contributed by atoms with Crippen molar-refractivity contribution in [3.05, 3.63) is 51.2 Å². The van der Waals surface area contributed by atoms with E-state index in [1.165, 1.54) is 7.11 Å². The van der Waals surface area contributed by atoms with E-state index >= 15 is 0 Å². The molecule has 11 heteroatoms. The number of hydrogen-bond acceptors (Lipinski definition) is 5. The Balaban J connectivity index is 1.90. The third kappa shape index (κ3) is 3.53. The molecule has 0 saturated carbocycles. The fraction of sp³-hybridized carbons (Fsp3) is 0.214. The summed E-state index contributed by atoms with van der Waals surface area (Å²) in [4.78, 5) is 19.2. The van der Waals surface area contributed by atoms with Gasteiger partial charge in [-0.05, 0) is 18.2 Å². The molecular weight excluding hydrogens is 363 g/mol. The molecular formula is C14H11ClF3N5O2. The number of nitrogens with zero attached hydrogens (tertiary/aromatic N) is 3. The van der Waals surface area contributed by atoms with E-state index in [1.807, 2.05) is 5.10 Å². The van der Waals surface area contributed by atoms with Crippen LogP contribution in [0.2, 0.25) is 5.02 Å². The van der Waals surface area contributed by atoms with Crippen molar-refractivity contribution in [3.63, 3.8) is 0 Å². The van der Waals surface area contributed by atoms with E-state index in [0.717, 1.165) is 6.07 Å². The maximum atomic E-state index is 12.7. The van der Waals surface area contributed by atoms with Gasteiger partial charge >= 0.3 is 6.18 Å². The van der Waals surface area contributed by atoms with Gasteiger partial charge in [0.25, 0.3) is 11.3 Å². The van der Waals surface area contributed by atoms with Crippen molar-refractivity contribution in [1.29, 1.82) is 0 Å². The van der Waals surface area contributed by atoms with Crippen molar-refractivity contribution in [2.75, 3.05) is 12.4 Å². The van der Waals surface area contributed by atoms with E-state index < -0.39 is 17.6 Å². The van der Waals surface area contributed by atoms with Crippen LogP contribution in [0, 0.1) is 0 Å². The summed E-state index contributed by atoms with van der Waals surface area (Å²) in [6.45, 7) is 0.0661. The zero-order valence-corrected chi connectivity index (χ0v) is 13.4. The minimum atomic E-state index is -4.70. The Morgan fingerprint density at radius 1 is 1.32 bits per heavy atom. The molecule has 2 N–H and O–H groups in total. The Labute approximate surface area is 143 Å².